The van der Waals surface area contributed by atoms with Crippen LogP contribution in [0, 0.1) is 13.8 Å². The van der Waals surface area contributed by atoms with Crippen LogP contribution in [0.1, 0.15) is 22.8 Å². The molecule has 1 atom stereocenters. The lowest BCUT2D eigenvalue weighted by Gasteiger charge is -2.15. The molecule has 1 aromatic rings. The number of ether oxygens (including phenoxy) is 1. The summed E-state index contributed by atoms with van der Waals surface area (Å²) in [5.41, 5.74) is 3.15. The molecule has 0 saturated heterocycles. The third-order valence-corrected chi connectivity index (χ3v) is 2.64. The molecule has 0 aliphatic rings. The van der Waals surface area contributed by atoms with E-state index in [4.69, 9.17) is 4.74 Å². The van der Waals surface area contributed by atoms with Crippen molar-refractivity contribution >= 4 is 0 Å². The predicted octanol–water partition coefficient (Wildman–Crippen LogP) is 1.56. The van der Waals surface area contributed by atoms with Crippen LogP contribution in [0.5, 0.6) is 5.75 Å². The van der Waals surface area contributed by atoms with Gasteiger partial charge in [0.2, 0.25) is 0 Å². The molecule has 0 heterocycles. The summed E-state index contributed by atoms with van der Waals surface area (Å²) >= 11 is 0. The molecule has 0 aliphatic heterocycles. The first-order chi connectivity index (χ1) is 7.10. The van der Waals surface area contributed by atoms with Crippen molar-refractivity contribution < 1.29 is 9.84 Å². The fourth-order valence-corrected chi connectivity index (χ4v) is 1.57. The van der Waals surface area contributed by atoms with Crippen molar-refractivity contribution in [3.05, 3.63) is 28.8 Å². The maximum Gasteiger partial charge on any atom is 0.122 e. The highest BCUT2D eigenvalue weighted by Crippen LogP contribution is 2.26. The van der Waals surface area contributed by atoms with Gasteiger partial charge in [-0.05, 0) is 43.7 Å². The van der Waals surface area contributed by atoms with Crippen LogP contribution >= 0.6 is 0 Å². The number of aliphatic hydroxyl groups is 1. The first-order valence-corrected chi connectivity index (χ1v) is 5.08. The van der Waals surface area contributed by atoms with Gasteiger partial charge in [-0.1, -0.05) is 6.07 Å². The van der Waals surface area contributed by atoms with Gasteiger partial charge in [0.05, 0.1) is 13.2 Å². The fourth-order valence-electron chi connectivity index (χ4n) is 1.57. The number of aliphatic hydroxyl groups excluding tert-OH is 1. The number of rotatable bonds is 4. The van der Waals surface area contributed by atoms with Gasteiger partial charge in [0.15, 0.2) is 0 Å². The van der Waals surface area contributed by atoms with Gasteiger partial charge in [-0.3, -0.25) is 0 Å². The van der Waals surface area contributed by atoms with Crippen LogP contribution in [0.25, 0.3) is 0 Å². The molecule has 0 fully saturated rings. The molecule has 1 unspecified atom stereocenters. The minimum Gasteiger partial charge on any atom is -0.496 e. The largest absolute Gasteiger partial charge is 0.496 e. The lowest BCUT2D eigenvalue weighted by molar-refractivity contribution is 0.177. The van der Waals surface area contributed by atoms with E-state index in [1.165, 1.54) is 0 Å². The highest BCUT2D eigenvalue weighted by molar-refractivity contribution is 5.43. The quantitative estimate of drug-likeness (QED) is 0.790. The van der Waals surface area contributed by atoms with Crippen LogP contribution in [-0.4, -0.2) is 25.8 Å². The first kappa shape index (κ1) is 12.0. The molecular formula is C12H19NO2. The fraction of sp³-hybridized carbons (Fsp3) is 0.500. The van der Waals surface area contributed by atoms with E-state index in [-0.39, 0.29) is 0 Å². The Bertz CT molecular complexity index is 337. The van der Waals surface area contributed by atoms with E-state index in [0.717, 1.165) is 22.4 Å². The van der Waals surface area contributed by atoms with Crippen molar-refractivity contribution in [1.29, 1.82) is 0 Å². The van der Waals surface area contributed by atoms with Crippen molar-refractivity contribution in [2.24, 2.45) is 0 Å². The number of benzene rings is 1. The van der Waals surface area contributed by atoms with Crippen LogP contribution in [0.2, 0.25) is 0 Å². The Kier molecular flexibility index (Phi) is 4.12. The van der Waals surface area contributed by atoms with E-state index in [1.54, 1.807) is 7.11 Å². The summed E-state index contributed by atoms with van der Waals surface area (Å²) in [6.45, 7) is 4.58. The second-order valence-corrected chi connectivity index (χ2v) is 3.74. The summed E-state index contributed by atoms with van der Waals surface area (Å²) in [7, 11) is 3.47. The van der Waals surface area contributed by atoms with Crippen molar-refractivity contribution in [1.82, 2.24) is 5.32 Å². The van der Waals surface area contributed by atoms with Gasteiger partial charge in [-0.2, -0.15) is 0 Å². The van der Waals surface area contributed by atoms with Crippen LogP contribution in [0.15, 0.2) is 12.1 Å². The summed E-state index contributed by atoms with van der Waals surface area (Å²) in [6, 6.07) is 3.89. The standard InChI is InChI=1S/C12H19NO2/c1-8-5-10(11(14)7-13-3)6-12(15-4)9(8)2/h5-6,11,13-14H,7H2,1-4H3. The summed E-state index contributed by atoms with van der Waals surface area (Å²) in [6.07, 6.45) is -0.483. The van der Waals surface area contributed by atoms with Gasteiger partial charge in [0, 0.05) is 6.54 Å². The van der Waals surface area contributed by atoms with Crippen molar-refractivity contribution in [3.8, 4) is 5.75 Å². The minimum atomic E-state index is -0.483. The van der Waals surface area contributed by atoms with Gasteiger partial charge in [0.1, 0.15) is 5.75 Å². The molecule has 0 radical (unpaired) electrons. The molecule has 1 aromatic carbocycles. The Labute approximate surface area is 91.1 Å². The summed E-state index contributed by atoms with van der Waals surface area (Å²) in [4.78, 5) is 0. The monoisotopic (exact) mass is 209 g/mol. The third kappa shape index (κ3) is 2.70. The number of likely N-dealkylation sites (N-methyl/N-ethyl adjacent to an activating group) is 1. The number of hydrogen-bond acceptors (Lipinski definition) is 3. The van der Waals surface area contributed by atoms with E-state index in [0.29, 0.717) is 6.54 Å². The second kappa shape index (κ2) is 5.14. The average Bonchev–Trinajstić information content (AvgIpc) is 2.22. The normalized spacial score (nSPS) is 12.6. The third-order valence-electron chi connectivity index (χ3n) is 2.64. The second-order valence-electron chi connectivity index (χ2n) is 3.74. The number of methoxy groups -OCH3 is 1. The van der Waals surface area contributed by atoms with Crippen LogP contribution in [0.3, 0.4) is 0 Å². The Morgan fingerprint density at radius 2 is 2.07 bits per heavy atom. The zero-order valence-corrected chi connectivity index (χ0v) is 9.79. The van der Waals surface area contributed by atoms with E-state index in [1.807, 2.05) is 33.0 Å². The van der Waals surface area contributed by atoms with Gasteiger partial charge in [-0.15, -0.1) is 0 Å². The highest BCUT2D eigenvalue weighted by Gasteiger charge is 2.10. The molecule has 0 saturated carbocycles. The van der Waals surface area contributed by atoms with Crippen LogP contribution in [-0.2, 0) is 0 Å². The molecule has 0 aromatic heterocycles. The summed E-state index contributed by atoms with van der Waals surface area (Å²) in [5.74, 6) is 0.833. The van der Waals surface area contributed by atoms with Crippen LogP contribution < -0.4 is 10.1 Å². The molecule has 0 aliphatic carbocycles. The lowest BCUT2D eigenvalue weighted by atomic mass is 10.0. The maximum atomic E-state index is 9.84. The lowest BCUT2D eigenvalue weighted by Crippen LogP contribution is -2.17. The molecule has 84 valence electrons. The Hall–Kier alpha value is -1.06. The topological polar surface area (TPSA) is 41.5 Å². The SMILES string of the molecule is CNCC(O)c1cc(C)c(C)c(OC)c1. The molecule has 3 nitrogen and oxygen atoms in total. The summed E-state index contributed by atoms with van der Waals surface area (Å²) in [5, 5.41) is 12.8. The van der Waals surface area contributed by atoms with Crippen molar-refractivity contribution in [2.75, 3.05) is 20.7 Å². The smallest absolute Gasteiger partial charge is 0.122 e. The molecular weight excluding hydrogens is 190 g/mol. The summed E-state index contributed by atoms with van der Waals surface area (Å²) < 4.78 is 5.26. The maximum absolute atomic E-state index is 9.84. The van der Waals surface area contributed by atoms with E-state index in [9.17, 15) is 5.11 Å². The van der Waals surface area contributed by atoms with E-state index < -0.39 is 6.10 Å². The number of hydrogen-bond donors (Lipinski definition) is 2. The highest BCUT2D eigenvalue weighted by atomic mass is 16.5. The Balaban J connectivity index is 3.05. The van der Waals surface area contributed by atoms with E-state index >= 15 is 0 Å². The number of nitrogens with one attached hydrogen (secondary N) is 1. The van der Waals surface area contributed by atoms with Gasteiger partial charge < -0.3 is 15.2 Å². The molecule has 15 heavy (non-hydrogen) atoms. The average molecular weight is 209 g/mol. The minimum absolute atomic E-state index is 0.483. The Morgan fingerprint density at radius 1 is 1.40 bits per heavy atom. The molecule has 0 amide bonds. The first-order valence-electron chi connectivity index (χ1n) is 5.08. The molecule has 0 spiro atoms. The van der Waals surface area contributed by atoms with Gasteiger partial charge >= 0.3 is 0 Å². The molecule has 1 rings (SSSR count). The van der Waals surface area contributed by atoms with Crippen molar-refractivity contribution in [2.45, 2.75) is 20.0 Å². The predicted molar refractivity (Wildman–Crippen MR) is 61.4 cm³/mol. The van der Waals surface area contributed by atoms with E-state index in [2.05, 4.69) is 5.32 Å². The number of aryl methyl sites for hydroxylation is 1. The zero-order chi connectivity index (χ0) is 11.4. The van der Waals surface area contributed by atoms with Gasteiger partial charge in [-0.25, -0.2) is 0 Å². The zero-order valence-electron chi connectivity index (χ0n) is 9.79. The Morgan fingerprint density at radius 3 is 2.60 bits per heavy atom. The molecule has 0 bridgehead atoms. The van der Waals surface area contributed by atoms with Crippen molar-refractivity contribution in [3.63, 3.8) is 0 Å². The molecule has 3 heteroatoms. The van der Waals surface area contributed by atoms with Crippen LogP contribution in [0.4, 0.5) is 0 Å². The molecule has 2 N–H and O–H groups in total. The van der Waals surface area contributed by atoms with Gasteiger partial charge in [0.25, 0.3) is 0 Å².